The molecule has 2 N–H and O–H groups in total. The van der Waals surface area contributed by atoms with E-state index in [0.717, 1.165) is 5.56 Å². The Bertz CT molecular complexity index is 365. The van der Waals surface area contributed by atoms with Crippen molar-refractivity contribution in [3.05, 3.63) is 35.9 Å². The molecule has 0 spiro atoms. The molecule has 1 aromatic carbocycles. The van der Waals surface area contributed by atoms with Crippen molar-refractivity contribution in [2.24, 2.45) is 0 Å². The van der Waals surface area contributed by atoms with Gasteiger partial charge in [0, 0.05) is 35.4 Å². The van der Waals surface area contributed by atoms with Crippen LogP contribution >= 0.6 is 0 Å². The van der Waals surface area contributed by atoms with Gasteiger partial charge in [-0.1, -0.05) is 30.3 Å². The van der Waals surface area contributed by atoms with Gasteiger partial charge in [0.1, 0.15) is 0 Å². The summed E-state index contributed by atoms with van der Waals surface area (Å²) >= 11 is 0. The van der Waals surface area contributed by atoms with Crippen molar-refractivity contribution in [1.29, 1.82) is 0 Å². The molecule has 4 heteroatoms. The second kappa shape index (κ2) is 6.28. The van der Waals surface area contributed by atoms with Crippen molar-refractivity contribution >= 4 is 10.8 Å². The monoisotopic (exact) mass is 255 g/mol. The first-order valence-electron chi connectivity index (χ1n) is 5.73. The molecule has 96 valence electrons. The third kappa shape index (κ3) is 4.98. The summed E-state index contributed by atoms with van der Waals surface area (Å²) in [5, 5.41) is 13.5. The smallest absolute Gasteiger partial charge is 0.0992 e. The van der Waals surface area contributed by atoms with Crippen molar-refractivity contribution < 1.29 is 9.32 Å². The molecule has 0 aliphatic rings. The lowest BCUT2D eigenvalue weighted by Gasteiger charge is -2.26. The highest BCUT2D eigenvalue weighted by Crippen LogP contribution is 2.19. The molecule has 0 aromatic heterocycles. The maximum absolute atomic E-state index is 11.1. The summed E-state index contributed by atoms with van der Waals surface area (Å²) in [4.78, 5) is 0. The van der Waals surface area contributed by atoms with E-state index >= 15 is 0 Å². The number of rotatable bonds is 6. The van der Waals surface area contributed by atoms with Crippen LogP contribution in [0.15, 0.2) is 30.3 Å². The molecule has 0 saturated heterocycles. The Labute approximate surface area is 106 Å². The molecule has 0 saturated carbocycles. The van der Waals surface area contributed by atoms with Gasteiger partial charge in [0.2, 0.25) is 0 Å². The number of nitrogens with one attached hydrogen (secondary N) is 1. The molecule has 1 rings (SSSR count). The summed E-state index contributed by atoms with van der Waals surface area (Å²) in [5.41, 5.74) is -0.0117. The molecule has 0 aliphatic heterocycles. The first-order valence-corrected chi connectivity index (χ1v) is 7.46. The molecular formula is C13H21NO2S. The first-order chi connectivity index (χ1) is 7.92. The summed E-state index contributed by atoms with van der Waals surface area (Å²) in [6.45, 7) is 4.21. The fourth-order valence-electron chi connectivity index (χ4n) is 1.68. The highest BCUT2D eigenvalue weighted by atomic mass is 32.2. The van der Waals surface area contributed by atoms with Crippen LogP contribution in [0.25, 0.3) is 0 Å². The van der Waals surface area contributed by atoms with Gasteiger partial charge < -0.3 is 10.4 Å². The fraction of sp³-hybridized carbons (Fsp3) is 0.538. The number of aliphatic hydroxyl groups is 1. The molecule has 0 radical (unpaired) electrons. The third-order valence-corrected chi connectivity index (χ3v) is 3.64. The lowest BCUT2D eigenvalue weighted by Crippen LogP contribution is -2.41. The highest BCUT2D eigenvalue weighted by Gasteiger charge is 2.23. The van der Waals surface area contributed by atoms with Crippen LogP contribution in [0.1, 0.15) is 19.4 Å². The maximum Gasteiger partial charge on any atom is 0.0992 e. The molecule has 17 heavy (non-hydrogen) atoms. The Hall–Kier alpha value is -0.710. The largest absolute Gasteiger partial charge is 0.384 e. The molecule has 3 nitrogen and oxygen atoms in total. The second-order valence-corrected chi connectivity index (χ2v) is 6.14. The average molecular weight is 255 g/mol. The lowest BCUT2D eigenvalue weighted by molar-refractivity contribution is 0.0551. The Morgan fingerprint density at radius 2 is 2.00 bits per heavy atom. The van der Waals surface area contributed by atoms with Crippen LogP contribution in [0, 0.1) is 0 Å². The van der Waals surface area contributed by atoms with E-state index < -0.39 is 16.4 Å². The van der Waals surface area contributed by atoms with Gasteiger partial charge in [0.25, 0.3) is 0 Å². The van der Waals surface area contributed by atoms with Gasteiger partial charge in [-0.3, -0.25) is 4.21 Å². The molecule has 0 aliphatic carbocycles. The molecule has 3 atom stereocenters. The number of benzene rings is 1. The van der Waals surface area contributed by atoms with Crippen molar-refractivity contribution in [2.75, 3.05) is 18.6 Å². The van der Waals surface area contributed by atoms with E-state index in [1.54, 1.807) is 13.2 Å². The van der Waals surface area contributed by atoms with Gasteiger partial charge in [-0.2, -0.15) is 0 Å². The topological polar surface area (TPSA) is 49.3 Å². The zero-order valence-corrected chi connectivity index (χ0v) is 11.5. The molecule has 1 aromatic rings. The number of hydrogen-bond donors (Lipinski definition) is 2. The quantitative estimate of drug-likeness (QED) is 0.804. The molecular weight excluding hydrogens is 234 g/mol. The lowest BCUT2D eigenvalue weighted by atomic mass is 9.96. The van der Waals surface area contributed by atoms with Crippen LogP contribution < -0.4 is 5.32 Å². The Balaban J connectivity index is 2.53. The van der Waals surface area contributed by atoms with Gasteiger partial charge in [-0.05, 0) is 19.4 Å². The second-order valence-electron chi connectivity index (χ2n) is 4.66. The van der Waals surface area contributed by atoms with Crippen LogP contribution in [0.5, 0.6) is 0 Å². The minimum Gasteiger partial charge on any atom is -0.384 e. The average Bonchev–Trinajstić information content (AvgIpc) is 2.27. The van der Waals surface area contributed by atoms with Gasteiger partial charge in [-0.15, -0.1) is 0 Å². The Kier molecular flexibility index (Phi) is 5.31. The van der Waals surface area contributed by atoms with E-state index in [0.29, 0.717) is 12.3 Å². The Morgan fingerprint density at radius 3 is 2.53 bits per heavy atom. The van der Waals surface area contributed by atoms with E-state index in [4.69, 9.17) is 0 Å². The SMILES string of the molecule is CC(CS(C)=O)NCC(C)(O)c1ccccc1. The van der Waals surface area contributed by atoms with Crippen LogP contribution in [-0.4, -0.2) is 33.9 Å². The van der Waals surface area contributed by atoms with Crippen molar-refractivity contribution in [2.45, 2.75) is 25.5 Å². The third-order valence-electron chi connectivity index (χ3n) is 2.68. The predicted octanol–water partition coefficient (Wildman–Crippen LogP) is 1.25. The predicted molar refractivity (Wildman–Crippen MR) is 72.4 cm³/mol. The summed E-state index contributed by atoms with van der Waals surface area (Å²) in [6, 6.07) is 9.70. The normalized spacial score (nSPS) is 18.4. The van der Waals surface area contributed by atoms with Gasteiger partial charge >= 0.3 is 0 Å². The number of hydrogen-bond acceptors (Lipinski definition) is 3. The van der Waals surface area contributed by atoms with Crippen molar-refractivity contribution in [3.8, 4) is 0 Å². The highest BCUT2D eigenvalue weighted by molar-refractivity contribution is 7.84. The summed E-state index contributed by atoms with van der Waals surface area (Å²) in [6.07, 6.45) is 1.69. The van der Waals surface area contributed by atoms with E-state index in [-0.39, 0.29) is 6.04 Å². The van der Waals surface area contributed by atoms with Gasteiger partial charge in [0.15, 0.2) is 0 Å². The molecule has 0 amide bonds. The minimum absolute atomic E-state index is 0.135. The zero-order valence-electron chi connectivity index (χ0n) is 10.6. The summed E-state index contributed by atoms with van der Waals surface area (Å²) < 4.78 is 11.1. The van der Waals surface area contributed by atoms with E-state index in [1.165, 1.54) is 0 Å². The Morgan fingerprint density at radius 1 is 1.41 bits per heavy atom. The standard InChI is InChI=1S/C13H21NO2S/c1-11(9-17(3)16)14-10-13(2,15)12-7-5-4-6-8-12/h4-8,11,14-15H,9-10H2,1-3H3. The van der Waals surface area contributed by atoms with E-state index in [9.17, 15) is 9.32 Å². The molecule has 0 fully saturated rings. The molecule has 3 unspecified atom stereocenters. The zero-order chi connectivity index (χ0) is 12.9. The van der Waals surface area contributed by atoms with Crippen LogP contribution in [0.2, 0.25) is 0 Å². The maximum atomic E-state index is 11.1. The van der Waals surface area contributed by atoms with E-state index in [2.05, 4.69) is 5.32 Å². The fourth-order valence-corrected chi connectivity index (χ4v) is 2.51. The van der Waals surface area contributed by atoms with Crippen molar-refractivity contribution in [3.63, 3.8) is 0 Å². The van der Waals surface area contributed by atoms with Crippen LogP contribution in [-0.2, 0) is 16.4 Å². The van der Waals surface area contributed by atoms with Crippen molar-refractivity contribution in [1.82, 2.24) is 5.32 Å². The van der Waals surface area contributed by atoms with Crippen LogP contribution in [0.3, 0.4) is 0 Å². The minimum atomic E-state index is -0.898. The van der Waals surface area contributed by atoms with Gasteiger partial charge in [-0.25, -0.2) is 0 Å². The van der Waals surface area contributed by atoms with E-state index in [1.807, 2.05) is 37.3 Å². The summed E-state index contributed by atoms with van der Waals surface area (Å²) in [7, 11) is -0.813. The molecule has 0 bridgehead atoms. The molecule has 0 heterocycles. The summed E-state index contributed by atoms with van der Waals surface area (Å²) in [5.74, 6) is 0.602. The first kappa shape index (κ1) is 14.4. The van der Waals surface area contributed by atoms with Crippen LogP contribution in [0.4, 0.5) is 0 Å². The van der Waals surface area contributed by atoms with Gasteiger partial charge in [0.05, 0.1) is 5.60 Å².